The summed E-state index contributed by atoms with van der Waals surface area (Å²) in [6.45, 7) is 3.41. The number of aryl methyl sites for hydroxylation is 1. The summed E-state index contributed by atoms with van der Waals surface area (Å²) in [5, 5.41) is 2.34. The molecule has 0 radical (unpaired) electrons. The van der Waals surface area contributed by atoms with Gasteiger partial charge in [0.1, 0.15) is 0 Å². The van der Waals surface area contributed by atoms with Gasteiger partial charge in [-0.25, -0.2) is 0 Å². The van der Waals surface area contributed by atoms with E-state index in [1.807, 2.05) is 6.92 Å². The molecule has 1 aromatic heterocycles. The van der Waals surface area contributed by atoms with Crippen LogP contribution in [-0.4, -0.2) is 24.9 Å². The molecule has 1 heterocycles. The highest BCUT2D eigenvalue weighted by Gasteiger charge is 2.59. The van der Waals surface area contributed by atoms with Crippen molar-refractivity contribution in [2.45, 2.75) is 45.1 Å². The molecule has 122 valence electrons. The quantitative estimate of drug-likeness (QED) is 0.752. The second-order valence-electron chi connectivity index (χ2n) is 4.65. The first-order valence-electron chi connectivity index (χ1n) is 6.54. The lowest BCUT2D eigenvalue weighted by Crippen LogP contribution is -2.51. The van der Waals surface area contributed by atoms with Crippen molar-refractivity contribution in [1.29, 1.82) is 0 Å². The third-order valence-corrected chi connectivity index (χ3v) is 4.31. The second-order valence-corrected chi connectivity index (χ2v) is 5.90. The zero-order valence-corrected chi connectivity index (χ0v) is 12.4. The van der Waals surface area contributed by atoms with Crippen LogP contribution in [0.1, 0.15) is 23.6 Å². The van der Waals surface area contributed by atoms with Gasteiger partial charge >= 0.3 is 12.4 Å². The first kappa shape index (κ1) is 18.3. The highest BCUT2D eigenvalue weighted by molar-refractivity contribution is 7.11. The largest absolute Gasteiger partial charge is 0.402 e. The second kappa shape index (κ2) is 7.00. The van der Waals surface area contributed by atoms with E-state index in [9.17, 15) is 26.3 Å². The van der Waals surface area contributed by atoms with Gasteiger partial charge in [0, 0.05) is 15.8 Å². The van der Waals surface area contributed by atoms with E-state index in [-0.39, 0.29) is 13.0 Å². The van der Waals surface area contributed by atoms with Crippen LogP contribution in [0.3, 0.4) is 0 Å². The van der Waals surface area contributed by atoms with E-state index in [1.165, 1.54) is 18.3 Å². The third-order valence-electron chi connectivity index (χ3n) is 3.06. The lowest BCUT2D eigenvalue weighted by Gasteiger charge is -2.31. The Morgan fingerprint density at radius 2 is 1.52 bits per heavy atom. The lowest BCUT2D eigenvalue weighted by atomic mass is 9.94. The van der Waals surface area contributed by atoms with Crippen LogP contribution >= 0.6 is 11.3 Å². The molecule has 1 nitrogen and oxygen atoms in total. The minimum atomic E-state index is -5.32. The summed E-state index contributed by atoms with van der Waals surface area (Å²) in [5.41, 5.74) is 0. The van der Waals surface area contributed by atoms with Crippen LogP contribution in [0.4, 0.5) is 26.3 Å². The molecule has 8 heteroatoms. The van der Waals surface area contributed by atoms with Gasteiger partial charge in [-0.2, -0.15) is 26.3 Å². The number of nitrogens with one attached hydrogen (secondary N) is 1. The molecule has 0 saturated carbocycles. The molecule has 0 aromatic carbocycles. The Morgan fingerprint density at radius 3 is 1.90 bits per heavy atom. The van der Waals surface area contributed by atoms with Gasteiger partial charge in [0.25, 0.3) is 0 Å². The number of hydrogen-bond donors (Lipinski definition) is 1. The Balaban J connectivity index is 3.01. The molecule has 0 spiro atoms. The fraction of sp³-hybridized carbons (Fsp3) is 0.692. The molecular formula is C13H17F6NS. The van der Waals surface area contributed by atoms with Crippen LogP contribution in [0.2, 0.25) is 0 Å². The average Bonchev–Trinajstić information content (AvgIpc) is 2.73. The van der Waals surface area contributed by atoms with Crippen molar-refractivity contribution in [3.63, 3.8) is 0 Å². The molecule has 0 aliphatic carbocycles. The van der Waals surface area contributed by atoms with Gasteiger partial charge in [0.05, 0.1) is 0 Å². The van der Waals surface area contributed by atoms with E-state index >= 15 is 0 Å². The number of halogens is 6. The molecule has 0 aliphatic rings. The summed E-state index contributed by atoms with van der Waals surface area (Å²) >= 11 is 1.25. The SMILES string of the molecule is CCNC(Cc1ccc(CC)s1)C(C(F)(F)F)C(F)(F)F. The third kappa shape index (κ3) is 5.18. The standard InChI is InChI=1S/C13H17F6NS/c1-3-8-5-6-9(21-8)7-10(20-4-2)11(12(14,15)16)13(17,18)19/h5-6,10-11,20H,3-4,7H2,1-2H3. The number of hydrogen-bond acceptors (Lipinski definition) is 2. The van der Waals surface area contributed by atoms with E-state index in [0.717, 1.165) is 4.88 Å². The Morgan fingerprint density at radius 1 is 1.00 bits per heavy atom. The first-order valence-corrected chi connectivity index (χ1v) is 7.35. The van der Waals surface area contributed by atoms with Gasteiger partial charge in [-0.1, -0.05) is 13.8 Å². The highest BCUT2D eigenvalue weighted by Crippen LogP contribution is 2.42. The summed E-state index contributed by atoms with van der Waals surface area (Å²) in [7, 11) is 0. The molecule has 1 atom stereocenters. The maximum absolute atomic E-state index is 12.8. The molecule has 1 rings (SSSR count). The topological polar surface area (TPSA) is 12.0 Å². The molecule has 0 saturated heterocycles. The van der Waals surface area contributed by atoms with Crippen LogP contribution < -0.4 is 5.32 Å². The molecule has 1 aromatic rings. The predicted molar refractivity (Wildman–Crippen MR) is 70.5 cm³/mol. The molecule has 1 unspecified atom stereocenters. The molecule has 1 N–H and O–H groups in total. The van der Waals surface area contributed by atoms with Crippen molar-refractivity contribution in [1.82, 2.24) is 5.32 Å². The number of alkyl halides is 6. The number of rotatable bonds is 6. The van der Waals surface area contributed by atoms with E-state index in [1.54, 1.807) is 12.1 Å². The van der Waals surface area contributed by atoms with E-state index in [2.05, 4.69) is 5.32 Å². The number of likely N-dealkylation sites (N-methyl/N-ethyl adjacent to an activating group) is 1. The summed E-state index contributed by atoms with van der Waals surface area (Å²) in [5.74, 6) is -3.36. The van der Waals surface area contributed by atoms with E-state index < -0.39 is 24.3 Å². The van der Waals surface area contributed by atoms with Gasteiger partial charge in [0.15, 0.2) is 5.92 Å². The van der Waals surface area contributed by atoms with Crippen LogP contribution in [0.15, 0.2) is 12.1 Å². The lowest BCUT2D eigenvalue weighted by molar-refractivity contribution is -0.291. The predicted octanol–water partition coefficient (Wildman–Crippen LogP) is 4.57. The van der Waals surface area contributed by atoms with Crippen molar-refractivity contribution < 1.29 is 26.3 Å². The van der Waals surface area contributed by atoms with E-state index in [0.29, 0.717) is 11.3 Å². The average molecular weight is 333 g/mol. The van der Waals surface area contributed by atoms with Crippen molar-refractivity contribution >= 4 is 11.3 Å². The first-order chi connectivity index (χ1) is 9.59. The van der Waals surface area contributed by atoms with Crippen molar-refractivity contribution in [3.8, 4) is 0 Å². The van der Waals surface area contributed by atoms with Crippen molar-refractivity contribution in [2.75, 3.05) is 6.54 Å². The van der Waals surface area contributed by atoms with Gasteiger partial charge in [-0.15, -0.1) is 11.3 Å². The van der Waals surface area contributed by atoms with Gasteiger partial charge in [-0.05, 0) is 31.5 Å². The van der Waals surface area contributed by atoms with Gasteiger partial charge in [-0.3, -0.25) is 0 Å². The smallest absolute Gasteiger partial charge is 0.313 e. The highest BCUT2D eigenvalue weighted by atomic mass is 32.1. The normalized spacial score (nSPS) is 14.7. The zero-order valence-electron chi connectivity index (χ0n) is 11.6. The van der Waals surface area contributed by atoms with Crippen molar-refractivity contribution in [2.24, 2.45) is 5.92 Å². The van der Waals surface area contributed by atoms with Crippen LogP contribution in [0.5, 0.6) is 0 Å². The van der Waals surface area contributed by atoms with Crippen LogP contribution in [0.25, 0.3) is 0 Å². The Kier molecular flexibility index (Phi) is 6.10. The fourth-order valence-corrected chi connectivity index (χ4v) is 3.17. The minimum Gasteiger partial charge on any atom is -0.313 e. The fourth-order valence-electron chi connectivity index (χ4n) is 2.15. The summed E-state index contributed by atoms with van der Waals surface area (Å²) in [6, 6.07) is 1.62. The molecule has 0 aliphatic heterocycles. The Labute approximate surface area is 123 Å². The summed E-state index contributed by atoms with van der Waals surface area (Å²) in [6.07, 6.45) is -10.2. The van der Waals surface area contributed by atoms with Crippen LogP contribution in [-0.2, 0) is 12.8 Å². The molecule has 0 bridgehead atoms. The molecule has 0 fully saturated rings. The van der Waals surface area contributed by atoms with Crippen LogP contribution in [0, 0.1) is 5.92 Å². The van der Waals surface area contributed by atoms with Gasteiger partial charge < -0.3 is 5.32 Å². The minimum absolute atomic E-state index is 0.0410. The molecule has 0 amide bonds. The van der Waals surface area contributed by atoms with Crippen molar-refractivity contribution in [3.05, 3.63) is 21.9 Å². The number of thiophene rings is 1. The Bertz CT molecular complexity index is 423. The maximum atomic E-state index is 12.8. The molecule has 21 heavy (non-hydrogen) atoms. The summed E-state index contributed by atoms with van der Waals surface area (Å²) in [4.78, 5) is 1.46. The zero-order chi connectivity index (χ0) is 16.3. The molecular weight excluding hydrogens is 316 g/mol. The maximum Gasteiger partial charge on any atom is 0.402 e. The Hall–Kier alpha value is -0.760. The summed E-state index contributed by atoms with van der Waals surface area (Å²) < 4.78 is 76.8. The van der Waals surface area contributed by atoms with E-state index in [4.69, 9.17) is 0 Å². The monoisotopic (exact) mass is 333 g/mol. The van der Waals surface area contributed by atoms with Gasteiger partial charge in [0.2, 0.25) is 0 Å².